The number of rotatable bonds is 6. The molecule has 104 valence electrons. The van der Waals surface area contributed by atoms with Gasteiger partial charge in [0.05, 0.1) is 23.1 Å². The van der Waals surface area contributed by atoms with E-state index < -0.39 is 10.0 Å². The van der Waals surface area contributed by atoms with E-state index in [0.29, 0.717) is 19.4 Å². The predicted octanol–water partition coefficient (Wildman–Crippen LogP) is 1.45. The van der Waals surface area contributed by atoms with Crippen molar-refractivity contribution in [3.05, 3.63) is 30.1 Å². The third kappa shape index (κ3) is 3.54. The first-order valence-corrected chi connectivity index (χ1v) is 8.04. The first kappa shape index (κ1) is 14.0. The maximum Gasteiger partial charge on any atom is 0.211 e. The van der Waals surface area contributed by atoms with E-state index >= 15 is 0 Å². The summed E-state index contributed by atoms with van der Waals surface area (Å²) in [5.41, 5.74) is 3.11. The maximum atomic E-state index is 11.5. The SMILES string of the molecule is CCCS(=O)(=O)NCCc1ccc2c(c1)ncn2C. The fraction of sp³-hybridized carbons (Fsp3) is 0.462. The Morgan fingerprint density at radius 3 is 2.89 bits per heavy atom. The molecular weight excluding hydrogens is 262 g/mol. The van der Waals surface area contributed by atoms with Gasteiger partial charge in [-0.3, -0.25) is 0 Å². The van der Waals surface area contributed by atoms with E-state index in [2.05, 4.69) is 9.71 Å². The van der Waals surface area contributed by atoms with Gasteiger partial charge in [0, 0.05) is 13.6 Å². The lowest BCUT2D eigenvalue weighted by molar-refractivity contribution is 0.580. The zero-order valence-electron chi connectivity index (χ0n) is 11.3. The maximum absolute atomic E-state index is 11.5. The highest BCUT2D eigenvalue weighted by Gasteiger charge is 2.07. The highest BCUT2D eigenvalue weighted by molar-refractivity contribution is 7.89. The van der Waals surface area contributed by atoms with Crippen LogP contribution in [0.4, 0.5) is 0 Å². The van der Waals surface area contributed by atoms with Gasteiger partial charge in [0.25, 0.3) is 0 Å². The molecular formula is C13H19N3O2S. The Morgan fingerprint density at radius 2 is 2.16 bits per heavy atom. The Morgan fingerprint density at radius 1 is 1.37 bits per heavy atom. The van der Waals surface area contributed by atoms with Gasteiger partial charge in [0.1, 0.15) is 0 Å². The number of imidazole rings is 1. The van der Waals surface area contributed by atoms with Gasteiger partial charge in [-0.1, -0.05) is 13.0 Å². The summed E-state index contributed by atoms with van der Waals surface area (Å²) >= 11 is 0. The monoisotopic (exact) mass is 281 g/mol. The van der Waals surface area contributed by atoms with Crippen LogP contribution in [-0.2, 0) is 23.5 Å². The Kier molecular flexibility index (Phi) is 4.21. The number of hydrogen-bond donors (Lipinski definition) is 1. The van der Waals surface area contributed by atoms with Gasteiger partial charge in [-0.25, -0.2) is 18.1 Å². The zero-order chi connectivity index (χ0) is 13.9. The fourth-order valence-electron chi connectivity index (χ4n) is 2.03. The molecule has 0 aliphatic heterocycles. The van der Waals surface area contributed by atoms with Gasteiger partial charge in [-0.2, -0.15) is 0 Å². The Labute approximate surface area is 113 Å². The molecule has 1 heterocycles. The predicted molar refractivity (Wildman–Crippen MR) is 76.5 cm³/mol. The van der Waals surface area contributed by atoms with Crippen molar-refractivity contribution in [3.8, 4) is 0 Å². The summed E-state index contributed by atoms with van der Waals surface area (Å²) in [4.78, 5) is 4.29. The molecule has 0 aliphatic rings. The molecule has 0 spiro atoms. The smallest absolute Gasteiger partial charge is 0.211 e. The summed E-state index contributed by atoms with van der Waals surface area (Å²) < 4.78 is 27.6. The third-order valence-electron chi connectivity index (χ3n) is 3.00. The molecule has 0 fully saturated rings. The molecule has 1 aromatic heterocycles. The molecule has 0 saturated heterocycles. The minimum absolute atomic E-state index is 0.187. The van der Waals surface area contributed by atoms with Crippen LogP contribution in [0.3, 0.4) is 0 Å². The third-order valence-corrected chi connectivity index (χ3v) is 4.59. The summed E-state index contributed by atoms with van der Waals surface area (Å²) in [5, 5.41) is 0. The molecule has 0 radical (unpaired) electrons. The number of aromatic nitrogens is 2. The van der Waals surface area contributed by atoms with Crippen LogP contribution in [-0.4, -0.2) is 30.3 Å². The number of nitrogens with one attached hydrogen (secondary N) is 1. The first-order chi connectivity index (χ1) is 9.02. The topological polar surface area (TPSA) is 64.0 Å². The molecule has 0 saturated carbocycles. The number of aryl methyl sites for hydroxylation is 1. The van der Waals surface area contributed by atoms with E-state index in [4.69, 9.17) is 0 Å². The standard InChI is InChI=1S/C13H19N3O2S/c1-3-8-19(17,18)15-7-6-11-4-5-13-12(9-11)14-10-16(13)2/h4-5,9-10,15H,3,6-8H2,1-2H3. The number of benzene rings is 1. The zero-order valence-corrected chi connectivity index (χ0v) is 12.1. The normalized spacial score (nSPS) is 12.1. The van der Waals surface area contributed by atoms with Crippen LogP contribution in [0.1, 0.15) is 18.9 Å². The number of sulfonamides is 1. The van der Waals surface area contributed by atoms with Crippen molar-refractivity contribution in [2.75, 3.05) is 12.3 Å². The summed E-state index contributed by atoms with van der Waals surface area (Å²) in [7, 11) is -1.16. The molecule has 0 amide bonds. The number of nitrogens with zero attached hydrogens (tertiary/aromatic N) is 2. The second-order valence-corrected chi connectivity index (χ2v) is 6.57. The van der Waals surface area contributed by atoms with Crippen LogP contribution in [0.2, 0.25) is 0 Å². The van der Waals surface area contributed by atoms with E-state index in [1.807, 2.05) is 36.7 Å². The fourth-order valence-corrected chi connectivity index (χ4v) is 3.12. The minimum atomic E-state index is -3.11. The first-order valence-electron chi connectivity index (χ1n) is 6.39. The summed E-state index contributed by atoms with van der Waals surface area (Å²) in [6.45, 7) is 2.29. The molecule has 1 N–H and O–H groups in total. The second kappa shape index (κ2) is 5.71. The molecule has 0 bridgehead atoms. The van der Waals surface area contributed by atoms with Crippen molar-refractivity contribution in [1.29, 1.82) is 0 Å². The van der Waals surface area contributed by atoms with Crippen molar-refractivity contribution < 1.29 is 8.42 Å². The van der Waals surface area contributed by atoms with Gasteiger partial charge >= 0.3 is 0 Å². The molecule has 2 rings (SSSR count). The van der Waals surface area contributed by atoms with Crippen LogP contribution in [0.25, 0.3) is 11.0 Å². The lowest BCUT2D eigenvalue weighted by Gasteiger charge is -2.05. The highest BCUT2D eigenvalue weighted by Crippen LogP contribution is 2.14. The summed E-state index contributed by atoms with van der Waals surface area (Å²) in [5.74, 6) is 0.187. The van der Waals surface area contributed by atoms with Crippen LogP contribution in [0.15, 0.2) is 24.5 Å². The van der Waals surface area contributed by atoms with E-state index in [1.54, 1.807) is 6.33 Å². The van der Waals surface area contributed by atoms with Gasteiger partial charge < -0.3 is 4.57 Å². The Balaban J connectivity index is 1.98. The Bertz CT molecular complexity index is 662. The average Bonchev–Trinajstić information content (AvgIpc) is 2.70. The number of fused-ring (bicyclic) bond motifs is 1. The Hall–Kier alpha value is -1.40. The second-order valence-electron chi connectivity index (χ2n) is 4.64. The van der Waals surface area contributed by atoms with Gasteiger partial charge in [-0.15, -0.1) is 0 Å². The molecule has 5 nitrogen and oxygen atoms in total. The number of hydrogen-bond acceptors (Lipinski definition) is 3. The van der Waals surface area contributed by atoms with Gasteiger partial charge in [-0.05, 0) is 30.5 Å². The largest absolute Gasteiger partial charge is 0.334 e. The average molecular weight is 281 g/mol. The molecule has 19 heavy (non-hydrogen) atoms. The molecule has 0 atom stereocenters. The van der Waals surface area contributed by atoms with Crippen LogP contribution < -0.4 is 4.72 Å². The molecule has 0 aliphatic carbocycles. The van der Waals surface area contributed by atoms with E-state index in [1.165, 1.54) is 0 Å². The van der Waals surface area contributed by atoms with E-state index in [9.17, 15) is 8.42 Å². The van der Waals surface area contributed by atoms with Gasteiger partial charge in [0.15, 0.2) is 0 Å². The van der Waals surface area contributed by atoms with E-state index in [-0.39, 0.29) is 5.75 Å². The van der Waals surface area contributed by atoms with Crippen molar-refractivity contribution in [2.45, 2.75) is 19.8 Å². The quantitative estimate of drug-likeness (QED) is 0.871. The van der Waals surface area contributed by atoms with Crippen molar-refractivity contribution in [3.63, 3.8) is 0 Å². The molecule has 6 heteroatoms. The minimum Gasteiger partial charge on any atom is -0.334 e. The summed E-state index contributed by atoms with van der Waals surface area (Å²) in [6, 6.07) is 6.03. The van der Waals surface area contributed by atoms with Crippen LogP contribution in [0.5, 0.6) is 0 Å². The van der Waals surface area contributed by atoms with Gasteiger partial charge in [0.2, 0.25) is 10.0 Å². The highest BCUT2D eigenvalue weighted by atomic mass is 32.2. The van der Waals surface area contributed by atoms with Crippen molar-refractivity contribution >= 4 is 21.1 Å². The van der Waals surface area contributed by atoms with E-state index in [0.717, 1.165) is 16.6 Å². The molecule has 0 unspecified atom stereocenters. The van der Waals surface area contributed by atoms with Crippen molar-refractivity contribution in [1.82, 2.24) is 14.3 Å². The van der Waals surface area contributed by atoms with Crippen molar-refractivity contribution in [2.24, 2.45) is 7.05 Å². The van der Waals surface area contributed by atoms with Crippen LogP contribution >= 0.6 is 0 Å². The van der Waals surface area contributed by atoms with Crippen LogP contribution in [0, 0.1) is 0 Å². The summed E-state index contributed by atoms with van der Waals surface area (Å²) in [6.07, 6.45) is 3.09. The lowest BCUT2D eigenvalue weighted by atomic mass is 10.1. The molecule has 1 aromatic carbocycles. The molecule has 2 aromatic rings. The lowest BCUT2D eigenvalue weighted by Crippen LogP contribution is -2.28.